The SMILES string of the molecule is O=C(O)c1nc(Cl)c(Cl)c(N/N=C/c2ccc([O-])cc2)c1Cl. The molecule has 0 bridgehead atoms. The van der Waals surface area contributed by atoms with E-state index in [1.807, 2.05) is 0 Å². The fourth-order valence-electron chi connectivity index (χ4n) is 1.48. The number of nitrogens with one attached hydrogen (secondary N) is 1. The molecule has 2 N–H and O–H groups in total. The Morgan fingerprint density at radius 2 is 1.86 bits per heavy atom. The lowest BCUT2D eigenvalue weighted by molar-refractivity contribution is -0.268. The number of hydrogen-bond donors (Lipinski definition) is 2. The Labute approximate surface area is 140 Å². The first-order valence-corrected chi connectivity index (χ1v) is 6.87. The minimum absolute atomic E-state index is 0.0254. The maximum atomic E-state index is 11.0. The molecule has 0 radical (unpaired) electrons. The molecule has 22 heavy (non-hydrogen) atoms. The van der Waals surface area contributed by atoms with E-state index in [4.69, 9.17) is 39.9 Å². The van der Waals surface area contributed by atoms with Crippen LogP contribution in [-0.2, 0) is 0 Å². The fourth-order valence-corrected chi connectivity index (χ4v) is 2.15. The topological polar surface area (TPSA) is 97.6 Å². The van der Waals surface area contributed by atoms with Gasteiger partial charge in [0.05, 0.1) is 11.9 Å². The minimum Gasteiger partial charge on any atom is -0.872 e. The molecule has 2 aromatic rings. The van der Waals surface area contributed by atoms with Crippen molar-refractivity contribution in [2.75, 3.05) is 5.43 Å². The lowest BCUT2D eigenvalue weighted by atomic mass is 10.2. The average molecular weight is 360 g/mol. The van der Waals surface area contributed by atoms with Gasteiger partial charge in [-0.3, -0.25) is 5.43 Å². The summed E-state index contributed by atoms with van der Waals surface area (Å²) in [6.45, 7) is 0. The third-order valence-electron chi connectivity index (χ3n) is 2.51. The zero-order chi connectivity index (χ0) is 16.3. The van der Waals surface area contributed by atoms with E-state index in [0.717, 1.165) is 0 Å². The summed E-state index contributed by atoms with van der Waals surface area (Å²) >= 11 is 17.6. The molecule has 0 saturated heterocycles. The average Bonchev–Trinajstić information content (AvgIpc) is 2.48. The molecule has 1 heterocycles. The van der Waals surface area contributed by atoms with Gasteiger partial charge in [-0.1, -0.05) is 59.1 Å². The Morgan fingerprint density at radius 1 is 1.23 bits per heavy atom. The van der Waals surface area contributed by atoms with Crippen LogP contribution in [0.4, 0.5) is 5.69 Å². The van der Waals surface area contributed by atoms with E-state index < -0.39 is 11.7 Å². The van der Waals surface area contributed by atoms with Crippen molar-refractivity contribution in [3.8, 4) is 5.75 Å². The van der Waals surface area contributed by atoms with Crippen LogP contribution >= 0.6 is 34.8 Å². The summed E-state index contributed by atoms with van der Waals surface area (Å²) in [4.78, 5) is 14.6. The third-order valence-corrected chi connectivity index (χ3v) is 3.62. The number of carboxylic acid groups (broad SMARTS) is 1. The second-order valence-electron chi connectivity index (χ2n) is 4.00. The van der Waals surface area contributed by atoms with Gasteiger partial charge in [0.15, 0.2) is 10.8 Å². The van der Waals surface area contributed by atoms with Crippen LogP contribution in [0.3, 0.4) is 0 Å². The molecule has 0 amide bonds. The Bertz CT molecular complexity index is 748. The smallest absolute Gasteiger partial charge is 0.356 e. The van der Waals surface area contributed by atoms with Crippen molar-refractivity contribution in [3.05, 3.63) is 50.7 Å². The van der Waals surface area contributed by atoms with Gasteiger partial charge < -0.3 is 10.2 Å². The highest BCUT2D eigenvalue weighted by Crippen LogP contribution is 2.36. The summed E-state index contributed by atoms with van der Waals surface area (Å²) in [5.41, 5.74) is 2.76. The molecule has 0 fully saturated rings. The van der Waals surface area contributed by atoms with Gasteiger partial charge in [0.25, 0.3) is 0 Å². The lowest BCUT2D eigenvalue weighted by Gasteiger charge is -2.09. The summed E-state index contributed by atoms with van der Waals surface area (Å²) in [6, 6.07) is 5.90. The highest BCUT2D eigenvalue weighted by atomic mass is 35.5. The minimum atomic E-state index is -1.35. The van der Waals surface area contributed by atoms with Crippen LogP contribution in [0.5, 0.6) is 5.75 Å². The molecule has 9 heteroatoms. The number of aromatic nitrogens is 1. The number of carbonyl (C=O) groups is 1. The number of pyridine rings is 1. The maximum absolute atomic E-state index is 11.0. The molecule has 0 aliphatic heterocycles. The second kappa shape index (κ2) is 6.83. The Hall–Kier alpha value is -2.02. The largest absolute Gasteiger partial charge is 0.872 e. The predicted octanol–water partition coefficient (Wildman–Crippen LogP) is 3.26. The van der Waals surface area contributed by atoms with E-state index >= 15 is 0 Å². The van der Waals surface area contributed by atoms with Gasteiger partial charge in [0.2, 0.25) is 0 Å². The number of aromatic carboxylic acids is 1. The van der Waals surface area contributed by atoms with Crippen LogP contribution in [0, 0.1) is 0 Å². The quantitative estimate of drug-likeness (QED) is 0.496. The molecule has 0 unspecified atom stereocenters. The number of rotatable bonds is 4. The zero-order valence-electron chi connectivity index (χ0n) is 10.7. The van der Waals surface area contributed by atoms with E-state index in [1.54, 1.807) is 12.1 Å². The molecule has 6 nitrogen and oxygen atoms in total. The maximum Gasteiger partial charge on any atom is 0.356 e. The number of hydrazone groups is 1. The molecule has 0 atom stereocenters. The molecule has 1 aromatic heterocycles. The van der Waals surface area contributed by atoms with Crippen LogP contribution in [-0.4, -0.2) is 22.3 Å². The molecule has 114 valence electrons. The molecule has 0 spiro atoms. The van der Waals surface area contributed by atoms with Crippen LogP contribution in [0.1, 0.15) is 16.1 Å². The fraction of sp³-hybridized carbons (Fsp3) is 0. The van der Waals surface area contributed by atoms with E-state index in [-0.39, 0.29) is 26.6 Å². The Balaban J connectivity index is 2.29. The summed E-state index contributed by atoms with van der Waals surface area (Å²) in [6.07, 6.45) is 1.40. The number of halogens is 3. The van der Waals surface area contributed by atoms with E-state index in [1.165, 1.54) is 18.3 Å². The van der Waals surface area contributed by atoms with Gasteiger partial charge in [-0.05, 0) is 5.56 Å². The van der Waals surface area contributed by atoms with Crippen molar-refractivity contribution in [1.29, 1.82) is 0 Å². The second-order valence-corrected chi connectivity index (χ2v) is 5.11. The molecule has 2 rings (SSSR count). The van der Waals surface area contributed by atoms with Crippen LogP contribution in [0.25, 0.3) is 0 Å². The van der Waals surface area contributed by atoms with Gasteiger partial charge in [0, 0.05) is 0 Å². The number of anilines is 1. The zero-order valence-corrected chi connectivity index (χ0v) is 12.9. The summed E-state index contributed by atoms with van der Waals surface area (Å²) < 4.78 is 0. The van der Waals surface area contributed by atoms with Gasteiger partial charge in [-0.25, -0.2) is 9.78 Å². The van der Waals surface area contributed by atoms with E-state index in [0.29, 0.717) is 5.56 Å². The van der Waals surface area contributed by atoms with Crippen molar-refractivity contribution in [2.24, 2.45) is 5.10 Å². The van der Waals surface area contributed by atoms with Crippen molar-refractivity contribution in [2.45, 2.75) is 0 Å². The highest BCUT2D eigenvalue weighted by Gasteiger charge is 2.20. The summed E-state index contributed by atoms with van der Waals surface area (Å²) in [5.74, 6) is -1.47. The lowest BCUT2D eigenvalue weighted by Crippen LogP contribution is -2.05. The first kappa shape index (κ1) is 16.4. The first-order chi connectivity index (χ1) is 10.4. The molecule has 0 saturated carbocycles. The van der Waals surface area contributed by atoms with Crippen molar-refractivity contribution < 1.29 is 15.0 Å². The molecule has 0 aliphatic rings. The highest BCUT2D eigenvalue weighted by molar-refractivity contribution is 6.46. The normalized spacial score (nSPS) is 10.9. The van der Waals surface area contributed by atoms with Crippen molar-refractivity contribution >= 4 is 52.7 Å². The Kier molecular flexibility index (Phi) is 5.07. The van der Waals surface area contributed by atoms with E-state index in [9.17, 15) is 9.90 Å². The van der Waals surface area contributed by atoms with Crippen LogP contribution < -0.4 is 10.5 Å². The van der Waals surface area contributed by atoms with E-state index in [2.05, 4.69) is 15.5 Å². The standard InChI is InChI=1S/C13H8Cl3N3O3/c14-8-10(9(15)12(16)18-11(8)13(21)22)19-17-5-6-1-3-7(20)4-2-6/h1-5,20H,(H,18,19)(H,21,22)/p-1/b17-5+. The molecular formula is C13H7Cl3N3O3-. The summed E-state index contributed by atoms with van der Waals surface area (Å²) in [5, 5.41) is 23.4. The van der Waals surface area contributed by atoms with Crippen molar-refractivity contribution in [1.82, 2.24) is 4.98 Å². The third kappa shape index (κ3) is 3.59. The molecular weight excluding hydrogens is 353 g/mol. The molecule has 1 aromatic carbocycles. The van der Waals surface area contributed by atoms with Crippen molar-refractivity contribution in [3.63, 3.8) is 0 Å². The number of carboxylic acids is 1. The number of nitrogens with zero attached hydrogens (tertiary/aromatic N) is 2. The van der Waals surface area contributed by atoms with Crippen LogP contribution in [0.15, 0.2) is 29.4 Å². The van der Waals surface area contributed by atoms with Gasteiger partial charge in [0.1, 0.15) is 10.0 Å². The Morgan fingerprint density at radius 3 is 2.45 bits per heavy atom. The van der Waals surface area contributed by atoms with Gasteiger partial charge >= 0.3 is 5.97 Å². The molecule has 0 aliphatic carbocycles. The number of hydrogen-bond acceptors (Lipinski definition) is 5. The monoisotopic (exact) mass is 358 g/mol. The summed E-state index contributed by atoms with van der Waals surface area (Å²) in [7, 11) is 0. The van der Waals surface area contributed by atoms with Crippen LogP contribution in [0.2, 0.25) is 15.2 Å². The first-order valence-electron chi connectivity index (χ1n) is 5.74. The predicted molar refractivity (Wildman–Crippen MR) is 83.3 cm³/mol. The van der Waals surface area contributed by atoms with Gasteiger partial charge in [-0.2, -0.15) is 5.10 Å². The number of benzene rings is 1. The van der Waals surface area contributed by atoms with Gasteiger partial charge in [-0.15, -0.1) is 5.75 Å².